The summed E-state index contributed by atoms with van der Waals surface area (Å²) in [5.41, 5.74) is 3.06. The number of aliphatic hydroxyl groups is 1. The minimum atomic E-state index is -0.792. The van der Waals surface area contributed by atoms with Gasteiger partial charge < -0.3 is 14.6 Å². The molecule has 7 unspecified atom stereocenters. The molecule has 0 saturated carbocycles. The lowest BCUT2D eigenvalue weighted by Gasteiger charge is -2.25. The molecule has 2 rings (SSSR count). The zero-order valence-electron chi connectivity index (χ0n) is 24.6. The summed E-state index contributed by atoms with van der Waals surface area (Å²) in [4.78, 5) is 35.8. The van der Waals surface area contributed by atoms with Crippen LogP contribution >= 0.6 is 0 Å². The summed E-state index contributed by atoms with van der Waals surface area (Å²) in [7, 11) is 0. The maximum Gasteiger partial charge on any atom is 0.331 e. The molecule has 6 nitrogen and oxygen atoms in total. The van der Waals surface area contributed by atoms with Crippen LogP contribution in [0.15, 0.2) is 71.4 Å². The van der Waals surface area contributed by atoms with Gasteiger partial charge in [0.2, 0.25) is 0 Å². The molecule has 0 aromatic rings. The number of carbonyl (C=O) groups excluding carboxylic acids is 3. The first-order chi connectivity index (χ1) is 18.4. The van der Waals surface area contributed by atoms with Crippen molar-refractivity contribution in [2.24, 2.45) is 29.6 Å². The van der Waals surface area contributed by atoms with Crippen molar-refractivity contribution in [3.63, 3.8) is 0 Å². The van der Waals surface area contributed by atoms with Gasteiger partial charge in [0.05, 0.1) is 6.10 Å². The lowest BCUT2D eigenvalue weighted by molar-refractivity contribution is -0.143. The Labute approximate surface area is 234 Å². The molecule has 2 heterocycles. The second-order valence-corrected chi connectivity index (χ2v) is 11.2. The van der Waals surface area contributed by atoms with E-state index in [1.165, 1.54) is 17.7 Å². The highest BCUT2D eigenvalue weighted by molar-refractivity contribution is 5.86. The third-order valence-corrected chi connectivity index (χ3v) is 7.41. The van der Waals surface area contributed by atoms with Gasteiger partial charge in [0.25, 0.3) is 0 Å². The number of hydrogen-bond donors (Lipinski definition) is 1. The molecule has 0 aromatic heterocycles. The summed E-state index contributed by atoms with van der Waals surface area (Å²) in [5.74, 6) is -1.14. The average molecular weight is 539 g/mol. The van der Waals surface area contributed by atoms with E-state index in [1.807, 2.05) is 52.0 Å². The lowest BCUT2D eigenvalue weighted by Crippen LogP contribution is -2.34. The molecule has 0 aromatic carbocycles. The van der Waals surface area contributed by atoms with Gasteiger partial charge in [-0.1, -0.05) is 89.1 Å². The summed E-state index contributed by atoms with van der Waals surface area (Å²) in [6.07, 6.45) is 18.5. The fourth-order valence-corrected chi connectivity index (χ4v) is 4.92. The molecule has 1 N–H and O–H groups in total. The van der Waals surface area contributed by atoms with Crippen molar-refractivity contribution in [1.82, 2.24) is 0 Å². The largest absolute Gasteiger partial charge is 0.458 e. The second kappa shape index (κ2) is 15.6. The minimum Gasteiger partial charge on any atom is -0.458 e. The van der Waals surface area contributed by atoms with E-state index in [1.54, 1.807) is 6.92 Å². The van der Waals surface area contributed by atoms with Gasteiger partial charge in [-0.3, -0.25) is 4.79 Å². The number of ether oxygens (including phenoxy) is 2. The first kappa shape index (κ1) is 32.2. The van der Waals surface area contributed by atoms with Crippen LogP contribution in [0.2, 0.25) is 0 Å². The molecule has 2 aliphatic rings. The third kappa shape index (κ3) is 10.6. The SMILES string of the molecule is CCC(C=CC1OC(=O)C=CC1C)=CC(C)CC=CC(C)=CC(C)C(=O)C(C)C(O)C(C)CC1=CC(=O)OC1. The molecule has 6 heteroatoms. The van der Waals surface area contributed by atoms with Crippen molar-refractivity contribution in [3.05, 3.63) is 71.4 Å². The van der Waals surface area contributed by atoms with Crippen molar-refractivity contribution < 1.29 is 29.0 Å². The van der Waals surface area contributed by atoms with Crippen LogP contribution in [0.5, 0.6) is 0 Å². The van der Waals surface area contributed by atoms with Gasteiger partial charge in [0.1, 0.15) is 18.5 Å². The molecule has 7 atom stereocenters. The molecule has 0 bridgehead atoms. The van der Waals surface area contributed by atoms with Crippen LogP contribution in [0, 0.1) is 29.6 Å². The molecule has 0 spiro atoms. The number of Topliss-reactive ketones (excluding diaryl/α,β-unsaturated/α-hetero) is 1. The highest BCUT2D eigenvalue weighted by atomic mass is 16.5. The molecule has 2 aliphatic heterocycles. The van der Waals surface area contributed by atoms with Gasteiger partial charge >= 0.3 is 11.9 Å². The highest BCUT2D eigenvalue weighted by Gasteiger charge is 2.30. The van der Waals surface area contributed by atoms with Crippen molar-refractivity contribution in [3.8, 4) is 0 Å². The minimum absolute atomic E-state index is 0.000964. The van der Waals surface area contributed by atoms with Crippen LogP contribution in [-0.2, 0) is 23.9 Å². The second-order valence-electron chi connectivity index (χ2n) is 11.2. The summed E-state index contributed by atoms with van der Waals surface area (Å²) in [6, 6.07) is 0. The van der Waals surface area contributed by atoms with E-state index in [4.69, 9.17) is 9.47 Å². The fourth-order valence-electron chi connectivity index (χ4n) is 4.92. The zero-order chi connectivity index (χ0) is 29.1. The number of esters is 2. The highest BCUT2D eigenvalue weighted by Crippen LogP contribution is 2.25. The first-order valence-electron chi connectivity index (χ1n) is 14.1. The summed E-state index contributed by atoms with van der Waals surface area (Å²) in [6.45, 7) is 14.1. The van der Waals surface area contributed by atoms with Gasteiger partial charge in [0.15, 0.2) is 0 Å². The predicted octanol–water partition coefficient (Wildman–Crippen LogP) is 6.24. The molecular formula is C33H46O6. The summed E-state index contributed by atoms with van der Waals surface area (Å²) >= 11 is 0. The Hall–Kier alpha value is -2.99. The van der Waals surface area contributed by atoms with Crippen molar-refractivity contribution in [2.45, 2.75) is 79.9 Å². The van der Waals surface area contributed by atoms with Gasteiger partial charge in [0, 0.05) is 29.9 Å². The Kier molecular flexibility index (Phi) is 12.9. The van der Waals surface area contributed by atoms with Gasteiger partial charge in [-0.15, -0.1) is 0 Å². The Balaban J connectivity index is 1.88. The van der Waals surface area contributed by atoms with Gasteiger partial charge in [-0.25, -0.2) is 9.59 Å². The maximum absolute atomic E-state index is 13.0. The van der Waals surface area contributed by atoms with Crippen molar-refractivity contribution in [2.75, 3.05) is 6.61 Å². The third-order valence-electron chi connectivity index (χ3n) is 7.41. The number of carbonyl (C=O) groups is 3. The van der Waals surface area contributed by atoms with E-state index in [9.17, 15) is 19.5 Å². The number of cyclic esters (lactones) is 2. The van der Waals surface area contributed by atoms with E-state index in [0.29, 0.717) is 12.3 Å². The average Bonchev–Trinajstić information content (AvgIpc) is 3.30. The molecule has 0 aliphatic carbocycles. The van der Waals surface area contributed by atoms with E-state index in [0.717, 1.165) is 24.0 Å². The number of allylic oxidation sites excluding steroid dienone is 7. The predicted molar refractivity (Wildman–Crippen MR) is 155 cm³/mol. The number of aliphatic hydroxyl groups excluding tert-OH is 1. The smallest absolute Gasteiger partial charge is 0.331 e. The van der Waals surface area contributed by atoms with E-state index >= 15 is 0 Å². The van der Waals surface area contributed by atoms with Crippen molar-refractivity contribution >= 4 is 17.7 Å². The Morgan fingerprint density at radius 3 is 2.49 bits per heavy atom. The van der Waals surface area contributed by atoms with E-state index in [2.05, 4.69) is 32.1 Å². The lowest BCUT2D eigenvalue weighted by atomic mass is 9.83. The number of hydrogen-bond acceptors (Lipinski definition) is 6. The Bertz CT molecular complexity index is 1060. The molecule has 0 amide bonds. The topological polar surface area (TPSA) is 89.9 Å². The van der Waals surface area contributed by atoms with Crippen LogP contribution in [0.25, 0.3) is 0 Å². The molecule has 39 heavy (non-hydrogen) atoms. The maximum atomic E-state index is 13.0. The van der Waals surface area contributed by atoms with E-state index < -0.39 is 12.0 Å². The van der Waals surface area contributed by atoms with E-state index in [-0.39, 0.29) is 48.2 Å². The zero-order valence-corrected chi connectivity index (χ0v) is 24.6. The Morgan fingerprint density at radius 2 is 1.85 bits per heavy atom. The molecule has 0 saturated heterocycles. The normalized spacial score (nSPS) is 24.4. The Morgan fingerprint density at radius 1 is 1.13 bits per heavy atom. The standard InChI is InChI=1S/C33H46O6/c1-8-27(13-14-29-23(4)12-15-30(34)39-29)17-22(3)11-9-10-21(2)16-24(5)32(36)26(7)33(37)25(6)18-28-19-31(35)38-20-28/h9-10,12-17,19,22-26,29,33,37H,8,11,18,20H2,1-7H3. The number of ketones is 1. The summed E-state index contributed by atoms with van der Waals surface area (Å²) in [5, 5.41) is 10.8. The molecule has 0 fully saturated rings. The van der Waals surface area contributed by atoms with Crippen molar-refractivity contribution in [1.29, 1.82) is 0 Å². The quantitative estimate of drug-likeness (QED) is 0.208. The van der Waals surface area contributed by atoms with Crippen LogP contribution < -0.4 is 0 Å². The van der Waals surface area contributed by atoms with Gasteiger partial charge in [-0.2, -0.15) is 0 Å². The molecule has 214 valence electrons. The van der Waals surface area contributed by atoms with Crippen LogP contribution in [-0.4, -0.2) is 41.6 Å². The number of rotatable bonds is 14. The molecular weight excluding hydrogens is 492 g/mol. The fraction of sp³-hybridized carbons (Fsp3) is 0.545. The van der Waals surface area contributed by atoms with Gasteiger partial charge in [-0.05, 0) is 49.7 Å². The summed E-state index contributed by atoms with van der Waals surface area (Å²) < 4.78 is 10.3. The first-order valence-corrected chi connectivity index (χ1v) is 14.1. The monoisotopic (exact) mass is 538 g/mol. The van der Waals surface area contributed by atoms with Crippen LogP contribution in [0.3, 0.4) is 0 Å². The van der Waals surface area contributed by atoms with Crippen LogP contribution in [0.4, 0.5) is 0 Å². The van der Waals surface area contributed by atoms with Crippen LogP contribution in [0.1, 0.15) is 67.7 Å². The molecule has 0 radical (unpaired) electrons.